The van der Waals surface area contributed by atoms with Crippen LogP contribution in [-0.4, -0.2) is 42.5 Å². The number of aromatic nitrogens is 2. The standard InChI is InChI=1S/C16H17N5O3/c1-21-12-5-11(8-18-15(12)19-9-14(21)22)16(23)20-7-10-3-4-13(24-2)17-6-10/h3-6,8H,7,9H2,1-2H3,(H,18,19)(H,20,23). The van der Waals surface area contributed by atoms with Crippen molar-refractivity contribution in [2.45, 2.75) is 6.54 Å². The lowest BCUT2D eigenvalue weighted by Gasteiger charge is -2.26. The van der Waals surface area contributed by atoms with Gasteiger partial charge >= 0.3 is 0 Å². The van der Waals surface area contributed by atoms with Crippen LogP contribution in [0.2, 0.25) is 0 Å². The maximum Gasteiger partial charge on any atom is 0.253 e. The van der Waals surface area contributed by atoms with Crippen molar-refractivity contribution in [2.75, 3.05) is 30.9 Å². The van der Waals surface area contributed by atoms with Crippen LogP contribution in [0.15, 0.2) is 30.6 Å². The van der Waals surface area contributed by atoms with Gasteiger partial charge in [-0.1, -0.05) is 6.07 Å². The largest absolute Gasteiger partial charge is 0.481 e. The molecule has 24 heavy (non-hydrogen) atoms. The number of hydrogen-bond donors (Lipinski definition) is 2. The summed E-state index contributed by atoms with van der Waals surface area (Å²) in [5, 5.41) is 5.73. The average Bonchev–Trinajstić information content (AvgIpc) is 2.63. The second-order valence-corrected chi connectivity index (χ2v) is 5.29. The van der Waals surface area contributed by atoms with Crippen molar-refractivity contribution in [3.05, 3.63) is 41.7 Å². The van der Waals surface area contributed by atoms with Crippen LogP contribution in [0.5, 0.6) is 5.88 Å². The minimum absolute atomic E-state index is 0.0776. The highest BCUT2D eigenvalue weighted by Crippen LogP contribution is 2.26. The molecule has 0 spiro atoms. The maximum atomic E-state index is 12.3. The zero-order valence-electron chi connectivity index (χ0n) is 13.4. The van der Waals surface area contributed by atoms with E-state index in [-0.39, 0.29) is 18.4 Å². The van der Waals surface area contributed by atoms with E-state index in [9.17, 15) is 9.59 Å². The number of hydrogen-bond acceptors (Lipinski definition) is 6. The summed E-state index contributed by atoms with van der Waals surface area (Å²) >= 11 is 0. The number of likely N-dealkylation sites (N-methyl/N-ethyl adjacent to an activating group) is 1. The van der Waals surface area contributed by atoms with Crippen LogP contribution in [-0.2, 0) is 11.3 Å². The molecule has 124 valence electrons. The molecule has 2 N–H and O–H groups in total. The van der Waals surface area contributed by atoms with Gasteiger partial charge in [0.1, 0.15) is 5.82 Å². The molecule has 2 aromatic heterocycles. The summed E-state index contributed by atoms with van der Waals surface area (Å²) in [4.78, 5) is 33.8. The van der Waals surface area contributed by atoms with Crippen molar-refractivity contribution in [1.29, 1.82) is 0 Å². The van der Waals surface area contributed by atoms with Gasteiger partial charge in [-0.25, -0.2) is 9.97 Å². The Morgan fingerprint density at radius 3 is 2.92 bits per heavy atom. The van der Waals surface area contributed by atoms with Gasteiger partial charge in [-0.15, -0.1) is 0 Å². The maximum absolute atomic E-state index is 12.3. The summed E-state index contributed by atoms with van der Waals surface area (Å²) in [6.45, 7) is 0.534. The summed E-state index contributed by atoms with van der Waals surface area (Å²) in [7, 11) is 3.21. The number of nitrogens with zero attached hydrogens (tertiary/aromatic N) is 3. The van der Waals surface area contributed by atoms with E-state index in [1.807, 2.05) is 6.07 Å². The number of methoxy groups -OCH3 is 1. The Morgan fingerprint density at radius 2 is 2.21 bits per heavy atom. The van der Waals surface area contributed by atoms with Crippen LogP contribution in [0.4, 0.5) is 11.5 Å². The van der Waals surface area contributed by atoms with E-state index in [1.165, 1.54) is 11.1 Å². The Hall–Kier alpha value is -3.16. The third-order valence-corrected chi connectivity index (χ3v) is 3.73. The Bertz CT molecular complexity index is 776. The zero-order chi connectivity index (χ0) is 17.1. The molecule has 0 radical (unpaired) electrons. The first kappa shape index (κ1) is 15.7. The molecule has 0 unspecified atom stereocenters. The fraction of sp³-hybridized carbons (Fsp3) is 0.250. The molecule has 2 aromatic rings. The van der Waals surface area contributed by atoms with E-state index in [0.717, 1.165) is 5.56 Å². The first-order valence-electron chi connectivity index (χ1n) is 7.36. The van der Waals surface area contributed by atoms with Gasteiger partial charge in [0.15, 0.2) is 0 Å². The minimum Gasteiger partial charge on any atom is -0.481 e. The first-order valence-corrected chi connectivity index (χ1v) is 7.36. The van der Waals surface area contributed by atoms with Crippen LogP contribution in [0.1, 0.15) is 15.9 Å². The summed E-state index contributed by atoms with van der Waals surface area (Å²) < 4.78 is 4.99. The van der Waals surface area contributed by atoms with Crippen LogP contribution in [0, 0.1) is 0 Å². The predicted molar refractivity (Wildman–Crippen MR) is 88.1 cm³/mol. The monoisotopic (exact) mass is 327 g/mol. The van der Waals surface area contributed by atoms with Crippen LogP contribution in [0.25, 0.3) is 0 Å². The number of nitrogens with one attached hydrogen (secondary N) is 2. The van der Waals surface area contributed by atoms with E-state index in [4.69, 9.17) is 4.74 Å². The number of amides is 2. The Labute approximate surface area is 138 Å². The minimum atomic E-state index is -0.271. The third kappa shape index (κ3) is 3.12. The van der Waals surface area contributed by atoms with E-state index in [2.05, 4.69) is 20.6 Å². The Kier molecular flexibility index (Phi) is 4.28. The SMILES string of the molecule is COc1ccc(CNC(=O)c2cnc3c(c2)N(C)C(=O)CN3)cn1. The number of ether oxygens (including phenoxy) is 1. The highest BCUT2D eigenvalue weighted by atomic mass is 16.5. The lowest BCUT2D eigenvalue weighted by atomic mass is 10.2. The third-order valence-electron chi connectivity index (χ3n) is 3.73. The van der Waals surface area contributed by atoms with E-state index in [1.54, 1.807) is 32.5 Å². The molecule has 0 fully saturated rings. The highest BCUT2D eigenvalue weighted by Gasteiger charge is 2.22. The number of carbonyl (C=O) groups is 2. The molecule has 0 saturated heterocycles. The fourth-order valence-corrected chi connectivity index (χ4v) is 2.30. The van der Waals surface area contributed by atoms with Crippen molar-refractivity contribution >= 4 is 23.3 Å². The smallest absolute Gasteiger partial charge is 0.253 e. The number of fused-ring (bicyclic) bond motifs is 1. The molecule has 0 saturated carbocycles. The Morgan fingerprint density at radius 1 is 1.38 bits per heavy atom. The summed E-state index contributed by atoms with van der Waals surface area (Å²) in [6, 6.07) is 5.20. The second-order valence-electron chi connectivity index (χ2n) is 5.29. The number of rotatable bonds is 4. The number of pyridine rings is 2. The Balaban J connectivity index is 1.70. The van der Waals surface area contributed by atoms with Gasteiger partial charge in [0, 0.05) is 32.1 Å². The van der Waals surface area contributed by atoms with Gasteiger partial charge in [0.05, 0.1) is 24.9 Å². The van der Waals surface area contributed by atoms with E-state index in [0.29, 0.717) is 29.5 Å². The normalized spacial score (nSPS) is 13.1. The molecule has 0 aliphatic carbocycles. The molecule has 3 heterocycles. The number of anilines is 2. The van der Waals surface area contributed by atoms with Crippen LogP contribution >= 0.6 is 0 Å². The predicted octanol–water partition coefficient (Wildman–Crippen LogP) is 0.803. The molecule has 1 aliphatic rings. The molecular weight excluding hydrogens is 310 g/mol. The molecule has 0 bridgehead atoms. The molecule has 2 amide bonds. The van der Waals surface area contributed by atoms with E-state index >= 15 is 0 Å². The molecule has 8 heteroatoms. The topological polar surface area (TPSA) is 96.5 Å². The van der Waals surface area contributed by atoms with Gasteiger partial charge in [-0.3, -0.25) is 9.59 Å². The van der Waals surface area contributed by atoms with Gasteiger partial charge < -0.3 is 20.3 Å². The van der Waals surface area contributed by atoms with Crippen molar-refractivity contribution in [1.82, 2.24) is 15.3 Å². The summed E-state index contributed by atoms with van der Waals surface area (Å²) in [5.74, 6) is 0.760. The first-order chi connectivity index (χ1) is 11.6. The quantitative estimate of drug-likeness (QED) is 0.862. The highest BCUT2D eigenvalue weighted by molar-refractivity contribution is 6.03. The molecule has 0 aromatic carbocycles. The van der Waals surface area contributed by atoms with Gasteiger partial charge in [0.25, 0.3) is 5.91 Å². The molecular formula is C16H17N5O3. The molecule has 8 nitrogen and oxygen atoms in total. The van der Waals surface area contributed by atoms with Crippen molar-refractivity contribution in [2.24, 2.45) is 0 Å². The van der Waals surface area contributed by atoms with E-state index < -0.39 is 0 Å². The van der Waals surface area contributed by atoms with Crippen LogP contribution < -0.4 is 20.3 Å². The van der Waals surface area contributed by atoms with Crippen molar-refractivity contribution < 1.29 is 14.3 Å². The average molecular weight is 327 g/mol. The van der Waals surface area contributed by atoms with Gasteiger partial charge in [-0.2, -0.15) is 0 Å². The lowest BCUT2D eigenvalue weighted by molar-refractivity contribution is -0.116. The van der Waals surface area contributed by atoms with Crippen molar-refractivity contribution in [3.63, 3.8) is 0 Å². The fourth-order valence-electron chi connectivity index (χ4n) is 2.30. The zero-order valence-corrected chi connectivity index (χ0v) is 13.4. The van der Waals surface area contributed by atoms with Crippen LogP contribution in [0.3, 0.4) is 0 Å². The van der Waals surface area contributed by atoms with Gasteiger partial charge in [0.2, 0.25) is 11.8 Å². The lowest BCUT2D eigenvalue weighted by Crippen LogP contribution is -2.37. The summed E-state index contributed by atoms with van der Waals surface area (Å²) in [5.41, 5.74) is 1.83. The molecule has 3 rings (SSSR count). The number of carbonyl (C=O) groups excluding carboxylic acids is 2. The second kappa shape index (κ2) is 6.53. The van der Waals surface area contributed by atoms with Gasteiger partial charge in [-0.05, 0) is 11.6 Å². The molecule has 1 aliphatic heterocycles. The molecule has 0 atom stereocenters. The van der Waals surface area contributed by atoms with Crippen molar-refractivity contribution in [3.8, 4) is 5.88 Å². The summed E-state index contributed by atoms with van der Waals surface area (Å²) in [6.07, 6.45) is 3.12.